The number of carbonyl (C=O) groups excluding carboxylic acids is 3. The van der Waals surface area contributed by atoms with E-state index < -0.39 is 11.9 Å². The molecule has 0 aliphatic carbocycles. The summed E-state index contributed by atoms with van der Waals surface area (Å²) in [5.41, 5.74) is 3.43. The number of aromatic nitrogens is 1. The van der Waals surface area contributed by atoms with Gasteiger partial charge < -0.3 is 18.8 Å². The molecular formula is C22H25NO6. The summed E-state index contributed by atoms with van der Waals surface area (Å²) in [5, 5.41) is 0. The third-order valence-electron chi connectivity index (χ3n) is 4.48. The second-order valence-electron chi connectivity index (χ2n) is 6.41. The summed E-state index contributed by atoms with van der Waals surface area (Å²) in [5.74, 6) is -1.31. The topological polar surface area (TPSA) is 83.8 Å². The third-order valence-corrected chi connectivity index (χ3v) is 4.48. The highest BCUT2D eigenvalue weighted by molar-refractivity contribution is 6.00. The van der Waals surface area contributed by atoms with Gasteiger partial charge >= 0.3 is 11.9 Å². The van der Waals surface area contributed by atoms with Crippen LogP contribution in [0.4, 0.5) is 0 Å². The SMILES string of the molecule is COCCn1c(C)cc(C(=O)COC(=O)/C=C/c2ccc(C(=O)OC)cc2)c1C. The zero-order chi connectivity index (χ0) is 21.4. The van der Waals surface area contributed by atoms with E-state index in [9.17, 15) is 14.4 Å². The minimum Gasteiger partial charge on any atom is -0.465 e. The maximum atomic E-state index is 12.4. The van der Waals surface area contributed by atoms with Crippen molar-refractivity contribution in [3.8, 4) is 0 Å². The Hall–Kier alpha value is -3.19. The number of ketones is 1. The fourth-order valence-electron chi connectivity index (χ4n) is 2.89. The summed E-state index contributed by atoms with van der Waals surface area (Å²) in [6.45, 7) is 4.64. The molecule has 2 rings (SSSR count). The van der Waals surface area contributed by atoms with Crippen molar-refractivity contribution in [3.63, 3.8) is 0 Å². The van der Waals surface area contributed by atoms with E-state index in [1.165, 1.54) is 13.2 Å². The lowest BCUT2D eigenvalue weighted by atomic mass is 10.1. The quantitative estimate of drug-likeness (QED) is 0.366. The molecule has 1 heterocycles. The molecule has 0 aliphatic heterocycles. The Balaban J connectivity index is 1.92. The average molecular weight is 399 g/mol. The number of ether oxygens (including phenoxy) is 3. The molecule has 0 bridgehead atoms. The second-order valence-corrected chi connectivity index (χ2v) is 6.41. The van der Waals surface area contributed by atoms with Crippen LogP contribution in [0.1, 0.15) is 37.7 Å². The van der Waals surface area contributed by atoms with E-state index in [1.807, 2.05) is 18.4 Å². The van der Waals surface area contributed by atoms with Gasteiger partial charge in [0.2, 0.25) is 5.78 Å². The highest BCUT2D eigenvalue weighted by Gasteiger charge is 2.16. The summed E-state index contributed by atoms with van der Waals surface area (Å²) in [6.07, 6.45) is 2.78. The summed E-state index contributed by atoms with van der Waals surface area (Å²) >= 11 is 0. The standard InChI is InChI=1S/C22H25NO6/c1-15-13-19(16(2)23(15)11-12-27-3)20(24)14-29-21(25)10-7-17-5-8-18(9-6-17)22(26)28-4/h5-10,13H,11-12,14H2,1-4H3/b10-7+. The molecule has 0 fully saturated rings. The summed E-state index contributed by atoms with van der Waals surface area (Å²) < 4.78 is 16.8. The van der Waals surface area contributed by atoms with E-state index in [2.05, 4.69) is 4.74 Å². The van der Waals surface area contributed by atoms with E-state index in [-0.39, 0.29) is 12.4 Å². The molecule has 0 saturated carbocycles. The molecule has 0 atom stereocenters. The summed E-state index contributed by atoms with van der Waals surface area (Å²) in [4.78, 5) is 35.7. The zero-order valence-electron chi connectivity index (χ0n) is 17.1. The van der Waals surface area contributed by atoms with Gasteiger partial charge in [-0.15, -0.1) is 0 Å². The van der Waals surface area contributed by atoms with E-state index in [0.29, 0.717) is 29.8 Å². The van der Waals surface area contributed by atoms with Crippen molar-refractivity contribution in [2.24, 2.45) is 0 Å². The van der Waals surface area contributed by atoms with Crippen LogP contribution in [-0.4, -0.2) is 49.7 Å². The van der Waals surface area contributed by atoms with Crippen molar-refractivity contribution >= 4 is 23.8 Å². The smallest absolute Gasteiger partial charge is 0.337 e. The fourth-order valence-corrected chi connectivity index (χ4v) is 2.89. The molecule has 2 aromatic rings. The van der Waals surface area contributed by atoms with E-state index in [4.69, 9.17) is 9.47 Å². The first kappa shape index (κ1) is 22.1. The highest BCUT2D eigenvalue weighted by Crippen LogP contribution is 2.16. The number of nitrogens with zero attached hydrogens (tertiary/aromatic N) is 1. The molecule has 0 radical (unpaired) electrons. The van der Waals surface area contributed by atoms with Gasteiger partial charge in [-0.2, -0.15) is 0 Å². The molecule has 0 saturated heterocycles. The molecule has 7 heteroatoms. The summed E-state index contributed by atoms with van der Waals surface area (Å²) in [6, 6.07) is 8.34. The minimum absolute atomic E-state index is 0.258. The van der Waals surface area contributed by atoms with Crippen LogP contribution in [-0.2, 0) is 25.5 Å². The third kappa shape index (κ3) is 5.89. The molecule has 0 spiro atoms. The van der Waals surface area contributed by atoms with Crippen LogP contribution in [0.2, 0.25) is 0 Å². The number of benzene rings is 1. The number of methoxy groups -OCH3 is 2. The second kappa shape index (κ2) is 10.4. The van der Waals surface area contributed by atoms with Crippen molar-refractivity contribution in [1.29, 1.82) is 0 Å². The van der Waals surface area contributed by atoms with Crippen LogP contribution in [0.25, 0.3) is 6.08 Å². The lowest BCUT2D eigenvalue weighted by Crippen LogP contribution is -2.14. The highest BCUT2D eigenvalue weighted by atomic mass is 16.5. The number of Topliss-reactive ketones (excluding diaryl/α,β-unsaturated/α-hetero) is 1. The molecule has 29 heavy (non-hydrogen) atoms. The van der Waals surface area contributed by atoms with Gasteiger partial charge in [-0.3, -0.25) is 4.79 Å². The number of aryl methyl sites for hydroxylation is 1. The average Bonchev–Trinajstić information content (AvgIpc) is 3.02. The van der Waals surface area contributed by atoms with Crippen molar-refractivity contribution in [2.45, 2.75) is 20.4 Å². The van der Waals surface area contributed by atoms with Gasteiger partial charge in [0.1, 0.15) is 0 Å². The Kier molecular flexibility index (Phi) is 7.91. The molecule has 0 unspecified atom stereocenters. The number of hydrogen-bond acceptors (Lipinski definition) is 6. The maximum absolute atomic E-state index is 12.4. The molecule has 0 amide bonds. The van der Waals surface area contributed by atoms with Crippen LogP contribution < -0.4 is 0 Å². The minimum atomic E-state index is -0.622. The number of hydrogen-bond donors (Lipinski definition) is 0. The largest absolute Gasteiger partial charge is 0.465 e. The van der Waals surface area contributed by atoms with Gasteiger partial charge in [0.15, 0.2) is 6.61 Å². The molecule has 7 nitrogen and oxygen atoms in total. The fraction of sp³-hybridized carbons (Fsp3) is 0.318. The van der Waals surface area contributed by atoms with E-state index in [1.54, 1.807) is 43.5 Å². The van der Waals surface area contributed by atoms with Crippen molar-refractivity contribution < 1.29 is 28.6 Å². The van der Waals surface area contributed by atoms with Crippen LogP contribution in [0.15, 0.2) is 36.4 Å². The van der Waals surface area contributed by atoms with Crippen LogP contribution >= 0.6 is 0 Å². The molecule has 1 aromatic carbocycles. The molecular weight excluding hydrogens is 374 g/mol. The molecule has 154 valence electrons. The molecule has 1 aromatic heterocycles. The molecule has 0 aliphatic rings. The van der Waals surface area contributed by atoms with Gasteiger partial charge in [0.25, 0.3) is 0 Å². The normalized spacial score (nSPS) is 10.9. The lowest BCUT2D eigenvalue weighted by molar-refractivity contribution is -0.136. The van der Waals surface area contributed by atoms with E-state index in [0.717, 1.165) is 11.4 Å². The van der Waals surface area contributed by atoms with Crippen molar-refractivity contribution in [2.75, 3.05) is 27.4 Å². The van der Waals surface area contributed by atoms with Gasteiger partial charge in [0.05, 0.1) is 19.3 Å². The Morgan fingerprint density at radius 3 is 2.38 bits per heavy atom. The van der Waals surface area contributed by atoms with Gasteiger partial charge in [0, 0.05) is 36.7 Å². The van der Waals surface area contributed by atoms with Gasteiger partial charge in [-0.05, 0) is 43.7 Å². The van der Waals surface area contributed by atoms with Crippen LogP contribution in [0.5, 0.6) is 0 Å². The summed E-state index contributed by atoms with van der Waals surface area (Å²) in [7, 11) is 2.94. The maximum Gasteiger partial charge on any atom is 0.337 e. The van der Waals surface area contributed by atoms with Gasteiger partial charge in [-0.25, -0.2) is 9.59 Å². The number of esters is 2. The lowest BCUT2D eigenvalue weighted by Gasteiger charge is -2.08. The first-order chi connectivity index (χ1) is 13.9. The first-order valence-corrected chi connectivity index (χ1v) is 9.09. The van der Waals surface area contributed by atoms with Crippen LogP contribution in [0.3, 0.4) is 0 Å². The van der Waals surface area contributed by atoms with Crippen LogP contribution in [0, 0.1) is 13.8 Å². The zero-order valence-corrected chi connectivity index (χ0v) is 17.1. The monoisotopic (exact) mass is 399 g/mol. The van der Waals surface area contributed by atoms with Crippen molar-refractivity contribution in [1.82, 2.24) is 4.57 Å². The Bertz CT molecular complexity index is 908. The Labute approximate surface area is 169 Å². The Morgan fingerprint density at radius 1 is 1.07 bits per heavy atom. The predicted molar refractivity (Wildman–Crippen MR) is 108 cm³/mol. The molecule has 0 N–H and O–H groups in total. The first-order valence-electron chi connectivity index (χ1n) is 9.09. The van der Waals surface area contributed by atoms with Crippen molar-refractivity contribution in [3.05, 3.63) is 64.5 Å². The Morgan fingerprint density at radius 2 is 1.76 bits per heavy atom. The predicted octanol–water partition coefficient (Wildman–Crippen LogP) is 2.98. The van der Waals surface area contributed by atoms with Gasteiger partial charge in [-0.1, -0.05) is 12.1 Å². The van der Waals surface area contributed by atoms with E-state index >= 15 is 0 Å². The number of carbonyl (C=O) groups is 3. The number of rotatable bonds is 9.